The van der Waals surface area contributed by atoms with E-state index in [9.17, 15) is 5.11 Å². The Bertz CT molecular complexity index is 101. The van der Waals surface area contributed by atoms with Crippen molar-refractivity contribution in [3.05, 3.63) is 0 Å². The van der Waals surface area contributed by atoms with Crippen LogP contribution in [0.5, 0.6) is 0 Å². The molecule has 74 valence electrons. The lowest BCUT2D eigenvalue weighted by atomic mass is 10.2. The number of rotatable bonds is 7. The molecule has 0 spiro atoms. The number of methoxy groups -OCH3 is 1. The summed E-state index contributed by atoms with van der Waals surface area (Å²) in [6.07, 6.45) is 0.338. The molecule has 0 aliphatic heterocycles. The molecule has 4 heteroatoms. The van der Waals surface area contributed by atoms with Gasteiger partial charge >= 0.3 is 0 Å². The van der Waals surface area contributed by atoms with Gasteiger partial charge in [-0.15, -0.1) is 0 Å². The number of nitrogens with one attached hydrogen (secondary N) is 1. The van der Waals surface area contributed by atoms with E-state index in [4.69, 9.17) is 10.5 Å². The molecule has 0 amide bonds. The largest absolute Gasteiger partial charge is 0.391 e. The van der Waals surface area contributed by atoms with Crippen molar-refractivity contribution in [1.82, 2.24) is 5.32 Å². The molecule has 2 unspecified atom stereocenters. The molecule has 0 bridgehead atoms. The Labute approximate surface area is 74.1 Å². The number of aliphatic hydroxyl groups excluding tert-OH is 1. The Morgan fingerprint density at radius 2 is 2.25 bits per heavy atom. The van der Waals surface area contributed by atoms with Gasteiger partial charge in [0.1, 0.15) is 0 Å². The van der Waals surface area contributed by atoms with Crippen LogP contribution in [0.1, 0.15) is 13.3 Å². The van der Waals surface area contributed by atoms with Crippen LogP contribution in [-0.2, 0) is 4.74 Å². The van der Waals surface area contributed by atoms with Crippen molar-refractivity contribution in [3.8, 4) is 0 Å². The zero-order valence-corrected chi connectivity index (χ0v) is 7.92. The van der Waals surface area contributed by atoms with Crippen molar-refractivity contribution in [3.63, 3.8) is 0 Å². The Kier molecular flexibility index (Phi) is 7.39. The van der Waals surface area contributed by atoms with Crippen molar-refractivity contribution in [2.75, 3.05) is 26.8 Å². The molecule has 0 heterocycles. The third-order valence-corrected chi connectivity index (χ3v) is 1.68. The molecule has 0 saturated carbocycles. The highest BCUT2D eigenvalue weighted by atomic mass is 16.5. The molecule has 0 aliphatic rings. The number of nitrogens with two attached hydrogens (primary N) is 1. The highest BCUT2D eigenvalue weighted by Crippen LogP contribution is 1.90. The smallest absolute Gasteiger partial charge is 0.0785 e. The highest BCUT2D eigenvalue weighted by molar-refractivity contribution is 4.62. The molecule has 0 rings (SSSR count). The molecule has 12 heavy (non-hydrogen) atoms. The summed E-state index contributed by atoms with van der Waals surface area (Å²) in [5.74, 6) is 0. The normalized spacial score (nSPS) is 16.0. The topological polar surface area (TPSA) is 67.5 Å². The van der Waals surface area contributed by atoms with E-state index in [1.54, 1.807) is 7.11 Å². The lowest BCUT2D eigenvalue weighted by Gasteiger charge is -2.13. The van der Waals surface area contributed by atoms with Gasteiger partial charge in [-0.1, -0.05) is 0 Å². The Hall–Kier alpha value is -0.160. The quantitative estimate of drug-likeness (QED) is 0.481. The summed E-state index contributed by atoms with van der Waals surface area (Å²) < 4.78 is 4.79. The van der Waals surface area contributed by atoms with Gasteiger partial charge in [-0.25, -0.2) is 0 Å². The SMILES string of the molecule is COCC(O)CCNC(C)CN. The first kappa shape index (κ1) is 11.8. The lowest BCUT2D eigenvalue weighted by Crippen LogP contribution is -2.35. The van der Waals surface area contributed by atoms with E-state index in [0.29, 0.717) is 25.6 Å². The fraction of sp³-hybridized carbons (Fsp3) is 1.00. The molecule has 0 radical (unpaired) electrons. The van der Waals surface area contributed by atoms with Gasteiger partial charge in [0.15, 0.2) is 0 Å². The summed E-state index contributed by atoms with van der Waals surface area (Å²) >= 11 is 0. The first-order valence-corrected chi connectivity index (χ1v) is 4.31. The van der Waals surface area contributed by atoms with Gasteiger partial charge in [-0.2, -0.15) is 0 Å². The van der Waals surface area contributed by atoms with Gasteiger partial charge in [-0.3, -0.25) is 0 Å². The van der Waals surface area contributed by atoms with Gasteiger partial charge in [0.2, 0.25) is 0 Å². The van der Waals surface area contributed by atoms with E-state index in [0.717, 1.165) is 6.54 Å². The molecular weight excluding hydrogens is 156 g/mol. The maximum Gasteiger partial charge on any atom is 0.0785 e. The Morgan fingerprint density at radius 3 is 2.75 bits per heavy atom. The van der Waals surface area contributed by atoms with Crippen LogP contribution in [0.2, 0.25) is 0 Å². The Morgan fingerprint density at radius 1 is 1.58 bits per heavy atom. The van der Waals surface area contributed by atoms with Crippen LogP contribution >= 0.6 is 0 Å². The van der Waals surface area contributed by atoms with E-state index in [-0.39, 0.29) is 6.10 Å². The highest BCUT2D eigenvalue weighted by Gasteiger charge is 2.03. The average Bonchev–Trinajstić information content (AvgIpc) is 2.04. The van der Waals surface area contributed by atoms with Crippen molar-refractivity contribution in [2.24, 2.45) is 5.73 Å². The van der Waals surface area contributed by atoms with Gasteiger partial charge in [-0.05, 0) is 19.9 Å². The number of aliphatic hydroxyl groups is 1. The van der Waals surface area contributed by atoms with Crippen LogP contribution in [-0.4, -0.2) is 44.1 Å². The molecule has 0 aromatic heterocycles. The second-order valence-corrected chi connectivity index (χ2v) is 2.99. The summed E-state index contributed by atoms with van der Waals surface area (Å²) in [7, 11) is 1.58. The second-order valence-electron chi connectivity index (χ2n) is 2.99. The van der Waals surface area contributed by atoms with Crippen LogP contribution in [0.4, 0.5) is 0 Å². The fourth-order valence-corrected chi connectivity index (χ4v) is 0.855. The summed E-state index contributed by atoms with van der Waals surface area (Å²) in [6.45, 7) is 3.82. The van der Waals surface area contributed by atoms with E-state index in [2.05, 4.69) is 5.32 Å². The van der Waals surface area contributed by atoms with E-state index in [1.165, 1.54) is 0 Å². The molecule has 0 aliphatic carbocycles. The van der Waals surface area contributed by atoms with Crippen molar-refractivity contribution < 1.29 is 9.84 Å². The van der Waals surface area contributed by atoms with E-state index >= 15 is 0 Å². The van der Waals surface area contributed by atoms with Crippen molar-refractivity contribution in [2.45, 2.75) is 25.5 Å². The minimum Gasteiger partial charge on any atom is -0.391 e. The summed E-state index contributed by atoms with van der Waals surface area (Å²) in [5.41, 5.74) is 5.40. The van der Waals surface area contributed by atoms with Gasteiger partial charge in [0.25, 0.3) is 0 Å². The number of ether oxygens (including phenoxy) is 1. The average molecular weight is 176 g/mol. The third kappa shape index (κ3) is 6.54. The van der Waals surface area contributed by atoms with Crippen LogP contribution in [0.15, 0.2) is 0 Å². The lowest BCUT2D eigenvalue weighted by molar-refractivity contribution is 0.0591. The van der Waals surface area contributed by atoms with Crippen molar-refractivity contribution >= 4 is 0 Å². The van der Waals surface area contributed by atoms with Crippen LogP contribution in [0, 0.1) is 0 Å². The maximum absolute atomic E-state index is 9.24. The van der Waals surface area contributed by atoms with E-state index in [1.807, 2.05) is 6.92 Å². The van der Waals surface area contributed by atoms with Crippen LogP contribution in [0.25, 0.3) is 0 Å². The van der Waals surface area contributed by atoms with Crippen LogP contribution < -0.4 is 11.1 Å². The standard InChI is InChI=1S/C8H20N2O2/c1-7(5-9)10-4-3-8(11)6-12-2/h7-8,10-11H,3-6,9H2,1-2H3. The van der Waals surface area contributed by atoms with Gasteiger partial charge in [0, 0.05) is 19.7 Å². The molecule has 0 aromatic carbocycles. The third-order valence-electron chi connectivity index (χ3n) is 1.68. The minimum absolute atomic E-state index is 0.319. The van der Waals surface area contributed by atoms with Gasteiger partial charge < -0.3 is 20.9 Å². The molecule has 4 nitrogen and oxygen atoms in total. The number of hydrogen-bond acceptors (Lipinski definition) is 4. The zero-order chi connectivity index (χ0) is 9.40. The molecule has 0 fully saturated rings. The molecule has 2 atom stereocenters. The predicted molar refractivity (Wildman–Crippen MR) is 49.0 cm³/mol. The second kappa shape index (κ2) is 7.49. The monoisotopic (exact) mass is 176 g/mol. The van der Waals surface area contributed by atoms with Gasteiger partial charge in [0.05, 0.1) is 12.7 Å². The molecule has 0 aromatic rings. The first-order chi connectivity index (χ1) is 5.70. The summed E-state index contributed by atoms with van der Waals surface area (Å²) in [4.78, 5) is 0. The summed E-state index contributed by atoms with van der Waals surface area (Å²) in [5, 5.41) is 12.4. The minimum atomic E-state index is -0.368. The molecule has 4 N–H and O–H groups in total. The first-order valence-electron chi connectivity index (χ1n) is 4.31. The van der Waals surface area contributed by atoms with Crippen LogP contribution in [0.3, 0.4) is 0 Å². The van der Waals surface area contributed by atoms with E-state index < -0.39 is 0 Å². The fourth-order valence-electron chi connectivity index (χ4n) is 0.855. The maximum atomic E-state index is 9.24. The zero-order valence-electron chi connectivity index (χ0n) is 7.92. The van der Waals surface area contributed by atoms with Crippen molar-refractivity contribution in [1.29, 1.82) is 0 Å². The Balaban J connectivity index is 3.18. The molecule has 0 saturated heterocycles. The summed E-state index contributed by atoms with van der Waals surface area (Å²) in [6, 6.07) is 0.319. The number of hydrogen-bond donors (Lipinski definition) is 3. The predicted octanol–water partition coefficient (Wildman–Crippen LogP) is -0.679. The molecular formula is C8H20N2O2.